The summed E-state index contributed by atoms with van der Waals surface area (Å²) < 4.78 is 0. The van der Waals surface area contributed by atoms with Gasteiger partial charge in [0.15, 0.2) is 22.8 Å². The molecule has 1 saturated carbocycles. The number of rotatable bonds is 11. The van der Waals surface area contributed by atoms with Crippen molar-refractivity contribution in [3.05, 3.63) is 57.9 Å². The molecule has 1 N–H and O–H groups in total. The van der Waals surface area contributed by atoms with Gasteiger partial charge >= 0.3 is 0 Å². The Morgan fingerprint density at radius 2 is 1.43 bits per heavy atom. The van der Waals surface area contributed by atoms with Crippen LogP contribution >= 0.6 is 0 Å². The fraction of sp³-hybridized carbons (Fsp3) is 0.629. The van der Waals surface area contributed by atoms with Gasteiger partial charge in [-0.25, -0.2) is 0 Å². The Bertz CT molecular complexity index is 1150. The van der Waals surface area contributed by atoms with E-state index in [1.807, 2.05) is 74.5 Å². The normalized spacial score (nSPS) is 27.6. The first-order valence-electron chi connectivity index (χ1n) is 14.6. The van der Waals surface area contributed by atoms with Crippen molar-refractivity contribution >= 4 is 46.9 Å². The van der Waals surface area contributed by atoms with Gasteiger partial charge in [0, 0.05) is 41.0 Å². The Labute approximate surface area is 265 Å². The van der Waals surface area contributed by atoms with Gasteiger partial charge < -0.3 is 5.11 Å². The van der Waals surface area contributed by atoms with Crippen LogP contribution in [0.25, 0.3) is 0 Å². The third-order valence-electron chi connectivity index (χ3n) is 8.98. The summed E-state index contributed by atoms with van der Waals surface area (Å²) in [5.74, 6) is -1.93. The van der Waals surface area contributed by atoms with E-state index in [0.717, 1.165) is 16.7 Å². The molecule has 0 unspecified atom stereocenters. The fourth-order valence-corrected chi connectivity index (χ4v) is 6.71. The molecular formula is C35H52NaO4. The van der Waals surface area contributed by atoms with Gasteiger partial charge in [0.2, 0.25) is 0 Å². The summed E-state index contributed by atoms with van der Waals surface area (Å²) in [5, 5.41) is 11.9. The number of carbonyl (C=O) groups excluding carboxylic acids is 3. The van der Waals surface area contributed by atoms with E-state index in [0.29, 0.717) is 25.7 Å². The summed E-state index contributed by atoms with van der Waals surface area (Å²) in [6, 6.07) is 0. The number of carbonyl (C=O) groups is 3. The van der Waals surface area contributed by atoms with Crippen molar-refractivity contribution in [2.24, 2.45) is 28.1 Å². The van der Waals surface area contributed by atoms with E-state index in [9.17, 15) is 19.5 Å². The summed E-state index contributed by atoms with van der Waals surface area (Å²) in [5.41, 5.74) is 0.583. The van der Waals surface area contributed by atoms with Crippen LogP contribution < -0.4 is 0 Å². The number of hydrogen-bond donors (Lipinski definition) is 1. The molecule has 0 spiro atoms. The molecule has 1 fully saturated rings. The second-order valence-corrected chi connectivity index (χ2v) is 13.5. The Kier molecular flexibility index (Phi) is 12.9. The summed E-state index contributed by atoms with van der Waals surface area (Å²) in [4.78, 5) is 44.3. The number of allylic oxidation sites excluding steroid dienone is 10. The van der Waals surface area contributed by atoms with Crippen LogP contribution in [0.5, 0.6) is 0 Å². The van der Waals surface area contributed by atoms with E-state index in [1.54, 1.807) is 13.8 Å². The van der Waals surface area contributed by atoms with Crippen LogP contribution in [-0.2, 0) is 14.4 Å². The zero-order valence-electron chi connectivity index (χ0n) is 27.4. The van der Waals surface area contributed by atoms with E-state index in [-0.39, 0.29) is 71.2 Å². The summed E-state index contributed by atoms with van der Waals surface area (Å²) in [7, 11) is 0. The van der Waals surface area contributed by atoms with Gasteiger partial charge in [-0.15, -0.1) is 0 Å². The molecule has 40 heavy (non-hydrogen) atoms. The van der Waals surface area contributed by atoms with Gasteiger partial charge in [0.05, 0.1) is 5.41 Å². The Hall–Kier alpha value is -1.49. The van der Waals surface area contributed by atoms with Crippen molar-refractivity contribution in [1.29, 1.82) is 0 Å². The van der Waals surface area contributed by atoms with E-state index in [2.05, 4.69) is 12.2 Å². The standard InChI is InChI=1S/C35H52O4.Na/c1-22(2)13-12-19-33(11)27(16-14-23(3)4)21-34(20-18-25(7)8)30(37)28(17-15-24(5)6)31(38)35(33,32(34)39)29(36)26(9)10;/h13-15,18,26-27,37H,12,16-17,19-21H2,1-11H3;/t27-,33+,34+,35-;/m0./s1. The van der Waals surface area contributed by atoms with Crippen LogP contribution in [0.4, 0.5) is 0 Å². The van der Waals surface area contributed by atoms with Gasteiger partial charge in [-0.05, 0) is 105 Å². The van der Waals surface area contributed by atoms with Crippen LogP contribution in [-0.4, -0.2) is 52.0 Å². The second kappa shape index (κ2) is 14.1. The van der Waals surface area contributed by atoms with Crippen molar-refractivity contribution in [3.63, 3.8) is 0 Å². The third-order valence-corrected chi connectivity index (χ3v) is 8.98. The third kappa shape index (κ3) is 6.60. The number of aliphatic hydroxyl groups excluding tert-OH is 1. The van der Waals surface area contributed by atoms with Crippen molar-refractivity contribution in [1.82, 2.24) is 0 Å². The monoisotopic (exact) mass is 559 g/mol. The first-order chi connectivity index (χ1) is 18.0. The molecule has 2 bridgehead atoms. The Morgan fingerprint density at radius 1 is 0.900 bits per heavy atom. The molecule has 2 aliphatic carbocycles. The van der Waals surface area contributed by atoms with Gasteiger partial charge in [0.25, 0.3) is 0 Å². The summed E-state index contributed by atoms with van der Waals surface area (Å²) in [6.45, 7) is 21.6. The van der Waals surface area contributed by atoms with E-state index >= 15 is 0 Å². The molecule has 0 heterocycles. The average molecular weight is 560 g/mol. The predicted octanol–water partition coefficient (Wildman–Crippen LogP) is 8.61. The fourth-order valence-electron chi connectivity index (χ4n) is 6.71. The molecule has 0 aromatic heterocycles. The van der Waals surface area contributed by atoms with Gasteiger partial charge in [-0.2, -0.15) is 0 Å². The van der Waals surface area contributed by atoms with Crippen molar-refractivity contribution in [2.45, 2.75) is 115 Å². The van der Waals surface area contributed by atoms with Gasteiger partial charge in [-0.1, -0.05) is 67.4 Å². The molecule has 0 aromatic carbocycles. The molecule has 2 rings (SSSR count). The molecule has 4 atom stereocenters. The summed E-state index contributed by atoms with van der Waals surface area (Å²) in [6.07, 6.45) is 11.0. The average Bonchev–Trinajstić information content (AvgIpc) is 2.81. The molecular weight excluding hydrogens is 507 g/mol. The Balaban J connectivity index is 0.00000800. The van der Waals surface area contributed by atoms with Crippen LogP contribution in [0.15, 0.2) is 57.9 Å². The smallest absolute Gasteiger partial charge is 0.184 e. The van der Waals surface area contributed by atoms with E-state index in [4.69, 9.17) is 0 Å². The zero-order valence-corrected chi connectivity index (χ0v) is 29.4. The van der Waals surface area contributed by atoms with Crippen LogP contribution in [0, 0.1) is 28.1 Å². The predicted molar refractivity (Wildman–Crippen MR) is 167 cm³/mol. The first kappa shape index (κ1) is 36.5. The van der Waals surface area contributed by atoms with Crippen LogP contribution in [0.1, 0.15) is 115 Å². The van der Waals surface area contributed by atoms with Gasteiger partial charge in [0.1, 0.15) is 5.76 Å². The topological polar surface area (TPSA) is 71.4 Å². The largest absolute Gasteiger partial charge is 0.511 e. The Morgan fingerprint density at radius 3 is 1.90 bits per heavy atom. The number of Topliss-reactive ketones (excluding diaryl/α,β-unsaturated/α-hetero) is 3. The molecule has 5 heteroatoms. The zero-order chi connectivity index (χ0) is 29.9. The number of hydrogen-bond acceptors (Lipinski definition) is 4. The number of fused-ring (bicyclic) bond motifs is 2. The van der Waals surface area contributed by atoms with Crippen molar-refractivity contribution < 1.29 is 19.5 Å². The van der Waals surface area contributed by atoms with Gasteiger partial charge in [-0.3, -0.25) is 14.4 Å². The number of aliphatic hydroxyl groups is 1. The molecule has 0 aliphatic heterocycles. The van der Waals surface area contributed by atoms with E-state index < -0.39 is 27.9 Å². The molecule has 0 amide bonds. The molecule has 0 aromatic rings. The van der Waals surface area contributed by atoms with Crippen LogP contribution in [0.2, 0.25) is 0 Å². The maximum Gasteiger partial charge on any atom is 0.184 e. The summed E-state index contributed by atoms with van der Waals surface area (Å²) >= 11 is 0. The van der Waals surface area contributed by atoms with Crippen molar-refractivity contribution in [2.75, 3.05) is 0 Å². The molecule has 217 valence electrons. The quantitative estimate of drug-likeness (QED) is 0.156. The maximum atomic E-state index is 15.0. The minimum absolute atomic E-state index is 0. The second-order valence-electron chi connectivity index (χ2n) is 13.5. The number of ketones is 3. The molecule has 1 radical (unpaired) electrons. The first-order valence-corrected chi connectivity index (χ1v) is 14.6. The van der Waals surface area contributed by atoms with Crippen LogP contribution in [0.3, 0.4) is 0 Å². The SMILES string of the molecule is CC(C)=CCC[C@]1(C)[C@@H](CC=C(C)C)C[C@@]2(CC=C(C)C)C(=O)[C@]1(C(=O)C(C)C)C(=O)C(CC=C(C)C)=C2O.[Na]. The molecule has 0 saturated heterocycles. The minimum Gasteiger partial charge on any atom is -0.511 e. The minimum atomic E-state index is -1.83. The molecule has 2 aliphatic rings. The van der Waals surface area contributed by atoms with Crippen molar-refractivity contribution in [3.8, 4) is 0 Å². The maximum absolute atomic E-state index is 15.0. The molecule has 4 nitrogen and oxygen atoms in total. The van der Waals surface area contributed by atoms with E-state index in [1.165, 1.54) is 5.57 Å².